The average molecular weight is 686 g/mol. The number of para-hydroxylation sites is 2. The van der Waals surface area contributed by atoms with Gasteiger partial charge in [0.25, 0.3) is 0 Å². The Hall–Kier alpha value is -5.74. The standard InChI is InChI=1S/C48H31NS2/c1-3-14-32(15-4-1)33-27-29-46-41(30-33)48-36(21-13-25-47(48)51-45-24-12-9-20-40(45)39-19-8-11-23-44(39)50-46)34-26-28-38-37-18-7-10-22-42(37)49(43(38)31-34)35-16-5-2-6-17-35/h1-31H. The second kappa shape index (κ2) is 12.5. The van der Waals surface area contributed by atoms with Crippen LogP contribution in [0, 0.1) is 0 Å². The smallest absolute Gasteiger partial charge is 0.0547 e. The van der Waals surface area contributed by atoms with Crippen molar-refractivity contribution in [3.63, 3.8) is 0 Å². The Kier molecular flexibility index (Phi) is 7.41. The van der Waals surface area contributed by atoms with Crippen LogP contribution in [0.2, 0.25) is 0 Å². The number of fused-ring (bicyclic) bond motifs is 9. The van der Waals surface area contributed by atoms with Crippen LogP contribution in [0.1, 0.15) is 0 Å². The molecule has 1 aromatic heterocycles. The Labute approximate surface area is 306 Å². The molecule has 240 valence electrons. The fourth-order valence-corrected chi connectivity index (χ4v) is 9.76. The van der Waals surface area contributed by atoms with Gasteiger partial charge in [-0.25, -0.2) is 0 Å². The lowest BCUT2D eigenvalue weighted by molar-refractivity contribution is 1.18. The SMILES string of the molecule is c1ccc(-c2ccc3c(c2)-c2c(cccc2-c2ccc4c5ccccc5n(-c5ccccc5)c4c2)Sc2ccccc2-c2ccccc2S3)cc1. The highest BCUT2D eigenvalue weighted by molar-refractivity contribution is 8.00. The summed E-state index contributed by atoms with van der Waals surface area (Å²) >= 11 is 3.74. The largest absolute Gasteiger partial charge is 0.309 e. The van der Waals surface area contributed by atoms with Gasteiger partial charge in [-0.2, -0.15) is 0 Å². The molecule has 0 aliphatic carbocycles. The number of hydrogen-bond donors (Lipinski definition) is 0. The van der Waals surface area contributed by atoms with Gasteiger partial charge in [0.1, 0.15) is 0 Å². The van der Waals surface area contributed by atoms with Crippen LogP contribution in [0.15, 0.2) is 208 Å². The van der Waals surface area contributed by atoms with Crippen LogP contribution in [-0.2, 0) is 0 Å². The highest BCUT2D eigenvalue weighted by Crippen LogP contribution is 2.52. The van der Waals surface area contributed by atoms with E-state index in [0.717, 1.165) is 5.69 Å². The Morgan fingerprint density at radius 3 is 1.67 bits per heavy atom. The highest BCUT2D eigenvalue weighted by atomic mass is 32.2. The molecule has 10 rings (SSSR count). The molecule has 0 spiro atoms. The number of rotatable bonds is 3. The van der Waals surface area contributed by atoms with Crippen LogP contribution in [-0.4, -0.2) is 4.57 Å². The third kappa shape index (κ3) is 5.20. The molecule has 0 unspecified atom stereocenters. The maximum absolute atomic E-state index is 2.41. The summed E-state index contributed by atoms with van der Waals surface area (Å²) in [7, 11) is 0. The van der Waals surface area contributed by atoms with Crippen molar-refractivity contribution >= 4 is 45.3 Å². The molecule has 0 fully saturated rings. The van der Waals surface area contributed by atoms with Crippen molar-refractivity contribution in [3.05, 3.63) is 188 Å². The van der Waals surface area contributed by atoms with Crippen molar-refractivity contribution in [3.8, 4) is 50.2 Å². The first-order valence-corrected chi connectivity index (χ1v) is 18.9. The summed E-state index contributed by atoms with van der Waals surface area (Å²) in [5.74, 6) is 0. The molecule has 1 aliphatic heterocycles. The van der Waals surface area contributed by atoms with E-state index in [2.05, 4.69) is 193 Å². The van der Waals surface area contributed by atoms with E-state index in [9.17, 15) is 0 Å². The van der Waals surface area contributed by atoms with Crippen LogP contribution >= 0.6 is 23.5 Å². The molecule has 0 saturated heterocycles. The number of benzene rings is 8. The van der Waals surface area contributed by atoms with E-state index < -0.39 is 0 Å². The van der Waals surface area contributed by atoms with Gasteiger partial charge < -0.3 is 4.57 Å². The zero-order valence-electron chi connectivity index (χ0n) is 27.7. The van der Waals surface area contributed by atoms with E-state index in [0.29, 0.717) is 0 Å². The lowest BCUT2D eigenvalue weighted by Gasteiger charge is -2.23. The molecule has 1 aliphatic rings. The molecule has 0 bridgehead atoms. The molecule has 0 radical (unpaired) electrons. The zero-order chi connectivity index (χ0) is 33.7. The van der Waals surface area contributed by atoms with Crippen LogP contribution in [0.25, 0.3) is 72.0 Å². The second-order valence-electron chi connectivity index (χ2n) is 12.9. The lowest BCUT2D eigenvalue weighted by atomic mass is 9.92. The molecule has 2 heterocycles. The van der Waals surface area contributed by atoms with Gasteiger partial charge in [0, 0.05) is 41.6 Å². The minimum Gasteiger partial charge on any atom is -0.309 e. The van der Waals surface area contributed by atoms with Gasteiger partial charge in [-0.05, 0) is 93.5 Å². The molecule has 0 saturated carbocycles. The first-order valence-electron chi connectivity index (χ1n) is 17.3. The molecule has 8 aromatic carbocycles. The maximum atomic E-state index is 2.41. The van der Waals surface area contributed by atoms with E-state index in [-0.39, 0.29) is 0 Å². The van der Waals surface area contributed by atoms with Crippen molar-refractivity contribution in [1.29, 1.82) is 0 Å². The first kappa shape index (κ1) is 30.1. The van der Waals surface area contributed by atoms with Crippen molar-refractivity contribution in [2.75, 3.05) is 0 Å². The molecule has 9 aromatic rings. The van der Waals surface area contributed by atoms with E-state index in [1.54, 1.807) is 0 Å². The number of nitrogens with zero attached hydrogens (tertiary/aromatic N) is 1. The van der Waals surface area contributed by atoms with Gasteiger partial charge in [0.15, 0.2) is 0 Å². The fraction of sp³-hybridized carbons (Fsp3) is 0. The summed E-state index contributed by atoms with van der Waals surface area (Å²) in [6.07, 6.45) is 0. The maximum Gasteiger partial charge on any atom is 0.0547 e. The van der Waals surface area contributed by atoms with Gasteiger partial charge in [0.05, 0.1) is 11.0 Å². The highest BCUT2D eigenvalue weighted by Gasteiger charge is 2.23. The molecule has 3 heteroatoms. The van der Waals surface area contributed by atoms with Crippen molar-refractivity contribution in [2.45, 2.75) is 19.6 Å². The predicted octanol–water partition coefficient (Wildman–Crippen LogP) is 14.1. The Morgan fingerprint density at radius 2 is 0.882 bits per heavy atom. The molecule has 1 nitrogen and oxygen atoms in total. The normalized spacial score (nSPS) is 12.2. The van der Waals surface area contributed by atoms with Gasteiger partial charge >= 0.3 is 0 Å². The van der Waals surface area contributed by atoms with Gasteiger partial charge in [-0.15, -0.1) is 0 Å². The topological polar surface area (TPSA) is 4.93 Å². The Morgan fingerprint density at radius 1 is 0.314 bits per heavy atom. The summed E-state index contributed by atoms with van der Waals surface area (Å²) < 4.78 is 2.41. The summed E-state index contributed by atoms with van der Waals surface area (Å²) in [5, 5.41) is 2.52. The third-order valence-corrected chi connectivity index (χ3v) is 12.2. The minimum atomic E-state index is 1.16. The molecule has 0 atom stereocenters. The van der Waals surface area contributed by atoms with E-state index in [1.165, 1.54) is 85.9 Å². The molecule has 51 heavy (non-hydrogen) atoms. The van der Waals surface area contributed by atoms with E-state index in [1.807, 2.05) is 23.5 Å². The summed E-state index contributed by atoms with van der Waals surface area (Å²) in [6.45, 7) is 0. The number of hydrogen-bond acceptors (Lipinski definition) is 2. The number of aromatic nitrogens is 1. The Bertz CT molecular complexity index is 2740. The van der Waals surface area contributed by atoms with Crippen LogP contribution < -0.4 is 0 Å². The zero-order valence-corrected chi connectivity index (χ0v) is 29.3. The molecular formula is C48H31NS2. The van der Waals surface area contributed by atoms with Crippen LogP contribution in [0.5, 0.6) is 0 Å². The van der Waals surface area contributed by atoms with Gasteiger partial charge in [0.2, 0.25) is 0 Å². The molecule has 0 amide bonds. The summed E-state index contributed by atoms with van der Waals surface area (Å²) in [4.78, 5) is 5.01. The van der Waals surface area contributed by atoms with Crippen molar-refractivity contribution in [2.24, 2.45) is 0 Å². The quantitative estimate of drug-likeness (QED) is 0.182. The summed E-state index contributed by atoms with van der Waals surface area (Å²) in [6, 6.07) is 68.8. The fourth-order valence-electron chi connectivity index (χ4n) is 7.55. The third-order valence-electron chi connectivity index (χ3n) is 9.89. The monoisotopic (exact) mass is 685 g/mol. The average Bonchev–Trinajstić information content (AvgIpc) is 3.53. The molecular weight excluding hydrogens is 655 g/mol. The van der Waals surface area contributed by atoms with E-state index >= 15 is 0 Å². The minimum absolute atomic E-state index is 1.16. The second-order valence-corrected chi connectivity index (χ2v) is 15.0. The Balaban J connectivity index is 1.27. The molecule has 0 N–H and O–H groups in total. The van der Waals surface area contributed by atoms with E-state index in [4.69, 9.17) is 0 Å². The summed E-state index contributed by atoms with van der Waals surface area (Å²) in [5.41, 5.74) is 13.5. The lowest BCUT2D eigenvalue weighted by Crippen LogP contribution is -1.96. The van der Waals surface area contributed by atoms with Crippen LogP contribution in [0.4, 0.5) is 0 Å². The predicted molar refractivity (Wildman–Crippen MR) is 217 cm³/mol. The van der Waals surface area contributed by atoms with Crippen molar-refractivity contribution in [1.82, 2.24) is 4.57 Å². The first-order chi connectivity index (χ1) is 25.3. The van der Waals surface area contributed by atoms with Crippen molar-refractivity contribution < 1.29 is 0 Å². The van der Waals surface area contributed by atoms with Crippen LogP contribution in [0.3, 0.4) is 0 Å². The van der Waals surface area contributed by atoms with Gasteiger partial charge in [-0.3, -0.25) is 0 Å². The van der Waals surface area contributed by atoms with Gasteiger partial charge in [-0.1, -0.05) is 157 Å².